The molecule has 0 aliphatic heterocycles. The summed E-state index contributed by atoms with van der Waals surface area (Å²) in [5.41, 5.74) is 4.50. The highest BCUT2D eigenvalue weighted by Gasteiger charge is 2.13. The number of benzene rings is 2. The van der Waals surface area contributed by atoms with Gasteiger partial charge >= 0.3 is 0 Å². The van der Waals surface area contributed by atoms with Crippen molar-refractivity contribution in [3.63, 3.8) is 0 Å². The molecule has 3 rings (SSSR count). The normalized spacial score (nSPS) is 11.5. The molecule has 0 amide bonds. The molecule has 21 heavy (non-hydrogen) atoms. The van der Waals surface area contributed by atoms with Crippen molar-refractivity contribution in [3.8, 4) is 11.4 Å². The van der Waals surface area contributed by atoms with Gasteiger partial charge in [0.05, 0.1) is 11.0 Å². The lowest BCUT2D eigenvalue weighted by atomic mass is 10.1. The molecule has 2 nitrogen and oxygen atoms in total. The SMILES string of the molecule is Cc1ccc(-c2nc3ccc(Cl)cc3n2CC(C)C)cc1. The van der Waals surface area contributed by atoms with Crippen molar-refractivity contribution in [2.24, 2.45) is 5.92 Å². The Bertz CT molecular complexity index is 770. The Morgan fingerprint density at radius 3 is 2.48 bits per heavy atom. The highest BCUT2D eigenvalue weighted by atomic mass is 35.5. The van der Waals surface area contributed by atoms with Crippen molar-refractivity contribution < 1.29 is 0 Å². The van der Waals surface area contributed by atoms with E-state index in [1.54, 1.807) is 0 Å². The van der Waals surface area contributed by atoms with Crippen LogP contribution in [0.15, 0.2) is 42.5 Å². The lowest BCUT2D eigenvalue weighted by molar-refractivity contribution is 0.536. The molecule has 0 saturated heterocycles. The third kappa shape index (κ3) is 2.81. The van der Waals surface area contributed by atoms with Gasteiger partial charge in [-0.25, -0.2) is 4.98 Å². The number of imidazole rings is 1. The van der Waals surface area contributed by atoms with Crippen LogP contribution in [-0.2, 0) is 6.54 Å². The number of hydrogen-bond acceptors (Lipinski definition) is 1. The van der Waals surface area contributed by atoms with E-state index in [9.17, 15) is 0 Å². The van der Waals surface area contributed by atoms with Gasteiger partial charge in [-0.3, -0.25) is 0 Å². The summed E-state index contributed by atoms with van der Waals surface area (Å²) < 4.78 is 2.27. The monoisotopic (exact) mass is 298 g/mol. The zero-order valence-electron chi connectivity index (χ0n) is 12.6. The van der Waals surface area contributed by atoms with E-state index in [1.165, 1.54) is 5.56 Å². The van der Waals surface area contributed by atoms with Crippen LogP contribution >= 0.6 is 11.6 Å². The van der Waals surface area contributed by atoms with Crippen LogP contribution in [0.25, 0.3) is 22.4 Å². The lowest BCUT2D eigenvalue weighted by Crippen LogP contribution is -2.06. The first-order chi connectivity index (χ1) is 10.0. The van der Waals surface area contributed by atoms with Crippen LogP contribution in [-0.4, -0.2) is 9.55 Å². The summed E-state index contributed by atoms with van der Waals surface area (Å²) in [6, 6.07) is 14.4. The van der Waals surface area contributed by atoms with Crippen LogP contribution in [0.4, 0.5) is 0 Å². The predicted molar refractivity (Wildman–Crippen MR) is 89.8 cm³/mol. The summed E-state index contributed by atoms with van der Waals surface area (Å²) in [5.74, 6) is 1.56. The average Bonchev–Trinajstić information content (AvgIpc) is 2.77. The molecule has 3 heteroatoms. The smallest absolute Gasteiger partial charge is 0.141 e. The molecule has 0 radical (unpaired) electrons. The predicted octanol–water partition coefficient (Wildman–Crippen LogP) is 5.32. The summed E-state index contributed by atoms with van der Waals surface area (Å²) in [6.07, 6.45) is 0. The van der Waals surface area contributed by atoms with E-state index in [-0.39, 0.29) is 0 Å². The van der Waals surface area contributed by atoms with Crippen LogP contribution in [0, 0.1) is 12.8 Å². The molecule has 0 saturated carbocycles. The van der Waals surface area contributed by atoms with Gasteiger partial charge in [-0.1, -0.05) is 55.3 Å². The molecular formula is C18H19ClN2. The maximum absolute atomic E-state index is 6.16. The fourth-order valence-electron chi connectivity index (χ4n) is 2.57. The molecule has 2 aromatic carbocycles. The zero-order valence-corrected chi connectivity index (χ0v) is 13.4. The van der Waals surface area contributed by atoms with E-state index in [1.807, 2.05) is 18.2 Å². The molecule has 0 unspecified atom stereocenters. The number of hydrogen-bond donors (Lipinski definition) is 0. The first-order valence-electron chi connectivity index (χ1n) is 7.27. The largest absolute Gasteiger partial charge is 0.324 e. The number of aryl methyl sites for hydroxylation is 1. The van der Waals surface area contributed by atoms with Crippen molar-refractivity contribution >= 4 is 22.6 Å². The zero-order chi connectivity index (χ0) is 15.0. The Hall–Kier alpha value is -1.80. The Morgan fingerprint density at radius 2 is 1.81 bits per heavy atom. The number of nitrogens with zero attached hydrogens (tertiary/aromatic N) is 2. The van der Waals surface area contributed by atoms with Crippen molar-refractivity contribution in [1.29, 1.82) is 0 Å². The molecule has 1 heterocycles. The van der Waals surface area contributed by atoms with Gasteiger partial charge in [-0.05, 0) is 31.0 Å². The molecule has 0 aliphatic carbocycles. The van der Waals surface area contributed by atoms with Gasteiger partial charge in [0.15, 0.2) is 0 Å². The summed E-state index contributed by atoms with van der Waals surface area (Å²) in [5, 5.41) is 0.753. The second kappa shape index (κ2) is 5.53. The van der Waals surface area contributed by atoms with Crippen molar-refractivity contribution in [2.45, 2.75) is 27.3 Å². The average molecular weight is 299 g/mol. The molecule has 3 aromatic rings. The maximum atomic E-state index is 6.16. The van der Waals surface area contributed by atoms with Crippen molar-refractivity contribution in [1.82, 2.24) is 9.55 Å². The quantitative estimate of drug-likeness (QED) is 0.640. The van der Waals surface area contributed by atoms with E-state index in [4.69, 9.17) is 16.6 Å². The molecule has 108 valence electrons. The van der Waals surface area contributed by atoms with Crippen LogP contribution in [0.5, 0.6) is 0 Å². The lowest BCUT2D eigenvalue weighted by Gasteiger charge is -2.12. The minimum absolute atomic E-state index is 0.547. The van der Waals surface area contributed by atoms with E-state index in [2.05, 4.69) is 49.6 Å². The van der Waals surface area contributed by atoms with Crippen LogP contribution in [0.3, 0.4) is 0 Å². The highest BCUT2D eigenvalue weighted by molar-refractivity contribution is 6.31. The van der Waals surface area contributed by atoms with Crippen LogP contribution < -0.4 is 0 Å². The van der Waals surface area contributed by atoms with Gasteiger partial charge in [-0.15, -0.1) is 0 Å². The van der Waals surface area contributed by atoms with Gasteiger partial charge in [0, 0.05) is 17.1 Å². The number of aromatic nitrogens is 2. The standard InChI is InChI=1S/C18H19ClN2/c1-12(2)11-21-17-10-15(19)8-9-16(17)20-18(21)14-6-4-13(3)5-7-14/h4-10,12H,11H2,1-3H3. The van der Waals surface area contributed by atoms with Gasteiger partial charge in [-0.2, -0.15) is 0 Å². The fraction of sp³-hybridized carbons (Fsp3) is 0.278. The van der Waals surface area contributed by atoms with Crippen molar-refractivity contribution in [3.05, 3.63) is 53.1 Å². The number of rotatable bonds is 3. The molecule has 0 fully saturated rings. The molecule has 0 aliphatic rings. The Kier molecular flexibility index (Phi) is 3.73. The third-order valence-corrected chi connectivity index (χ3v) is 3.80. The van der Waals surface area contributed by atoms with Gasteiger partial charge in [0.2, 0.25) is 0 Å². The van der Waals surface area contributed by atoms with Gasteiger partial charge in [0.25, 0.3) is 0 Å². The van der Waals surface area contributed by atoms with E-state index in [0.717, 1.165) is 34.0 Å². The fourth-order valence-corrected chi connectivity index (χ4v) is 2.74. The van der Waals surface area contributed by atoms with Gasteiger partial charge in [0.1, 0.15) is 5.82 Å². The Labute approximate surface area is 130 Å². The van der Waals surface area contributed by atoms with E-state index < -0.39 is 0 Å². The second-order valence-corrected chi connectivity index (χ2v) is 6.38. The summed E-state index contributed by atoms with van der Waals surface area (Å²) in [6.45, 7) is 7.46. The summed E-state index contributed by atoms with van der Waals surface area (Å²) >= 11 is 6.16. The minimum atomic E-state index is 0.547. The molecule has 0 bridgehead atoms. The van der Waals surface area contributed by atoms with Crippen LogP contribution in [0.2, 0.25) is 5.02 Å². The summed E-state index contributed by atoms with van der Waals surface area (Å²) in [4.78, 5) is 4.81. The molecule has 1 aromatic heterocycles. The molecule has 0 atom stereocenters. The van der Waals surface area contributed by atoms with E-state index >= 15 is 0 Å². The first kappa shape index (κ1) is 14.2. The minimum Gasteiger partial charge on any atom is -0.324 e. The molecular weight excluding hydrogens is 280 g/mol. The molecule has 0 spiro atoms. The number of halogens is 1. The van der Waals surface area contributed by atoms with Crippen LogP contribution in [0.1, 0.15) is 19.4 Å². The van der Waals surface area contributed by atoms with E-state index in [0.29, 0.717) is 5.92 Å². The highest BCUT2D eigenvalue weighted by Crippen LogP contribution is 2.28. The third-order valence-electron chi connectivity index (χ3n) is 3.57. The number of fused-ring (bicyclic) bond motifs is 1. The molecule has 0 N–H and O–H groups in total. The van der Waals surface area contributed by atoms with Crippen molar-refractivity contribution in [2.75, 3.05) is 0 Å². The maximum Gasteiger partial charge on any atom is 0.141 e. The Balaban J connectivity index is 2.22. The first-order valence-corrected chi connectivity index (χ1v) is 7.65. The second-order valence-electron chi connectivity index (χ2n) is 5.94. The van der Waals surface area contributed by atoms with Gasteiger partial charge < -0.3 is 4.57 Å². The summed E-state index contributed by atoms with van der Waals surface area (Å²) in [7, 11) is 0. The Morgan fingerprint density at radius 1 is 1.10 bits per heavy atom. The topological polar surface area (TPSA) is 17.8 Å².